The van der Waals surface area contributed by atoms with Crippen LogP contribution >= 0.6 is 0 Å². The Kier molecular flexibility index (Phi) is 5.00. The number of likely N-dealkylation sites (tertiary alicyclic amines) is 1. The molecule has 0 aliphatic carbocycles. The maximum Gasteiger partial charge on any atom is 0.308 e. The molecule has 6 heteroatoms. The van der Waals surface area contributed by atoms with Gasteiger partial charge in [-0.05, 0) is 38.8 Å². The number of nitrogens with zero attached hydrogens (tertiary/aromatic N) is 1. The molecule has 1 fully saturated rings. The van der Waals surface area contributed by atoms with Gasteiger partial charge in [0, 0.05) is 12.6 Å². The van der Waals surface area contributed by atoms with Gasteiger partial charge in [-0.3, -0.25) is 9.59 Å². The Bertz CT molecular complexity index is 563. The molecule has 1 aromatic rings. The third-order valence-corrected chi connectivity index (χ3v) is 4.00. The summed E-state index contributed by atoms with van der Waals surface area (Å²) in [5, 5.41) is 9.12. The lowest BCUT2D eigenvalue weighted by molar-refractivity contribution is -0.149. The van der Waals surface area contributed by atoms with Crippen molar-refractivity contribution in [2.45, 2.75) is 38.8 Å². The summed E-state index contributed by atoms with van der Waals surface area (Å²) in [7, 11) is 0. The smallest absolute Gasteiger partial charge is 0.308 e. The van der Waals surface area contributed by atoms with Crippen LogP contribution in [0.5, 0.6) is 5.75 Å². The molecule has 1 aliphatic rings. The molecule has 0 saturated carbocycles. The van der Waals surface area contributed by atoms with Crippen LogP contribution in [0.4, 0.5) is 4.39 Å². The lowest BCUT2D eigenvalue weighted by Gasteiger charge is -2.37. The number of carbonyl (C=O) groups excluding carboxylic acids is 1. The number of carboxylic acid groups (broad SMARTS) is 1. The summed E-state index contributed by atoms with van der Waals surface area (Å²) in [6, 6.07) is 5.84. The second-order valence-corrected chi connectivity index (χ2v) is 5.64. The van der Waals surface area contributed by atoms with Crippen molar-refractivity contribution in [3.05, 3.63) is 30.1 Å². The fourth-order valence-corrected chi connectivity index (χ4v) is 2.63. The quantitative estimate of drug-likeness (QED) is 0.927. The van der Waals surface area contributed by atoms with Crippen LogP contribution in [0.1, 0.15) is 26.7 Å². The van der Waals surface area contributed by atoms with Gasteiger partial charge in [-0.2, -0.15) is 0 Å². The number of halogens is 1. The Morgan fingerprint density at radius 3 is 2.68 bits per heavy atom. The van der Waals surface area contributed by atoms with Gasteiger partial charge in [0.05, 0.1) is 5.92 Å². The number of rotatable bonds is 4. The van der Waals surface area contributed by atoms with E-state index in [4.69, 9.17) is 9.84 Å². The summed E-state index contributed by atoms with van der Waals surface area (Å²) in [6.45, 7) is 3.60. The second kappa shape index (κ2) is 6.77. The zero-order chi connectivity index (χ0) is 16.3. The molecule has 1 heterocycles. The van der Waals surface area contributed by atoms with Gasteiger partial charge in [-0.1, -0.05) is 12.1 Å². The molecule has 3 atom stereocenters. The van der Waals surface area contributed by atoms with Gasteiger partial charge in [-0.25, -0.2) is 4.39 Å². The van der Waals surface area contributed by atoms with Crippen molar-refractivity contribution < 1.29 is 23.8 Å². The fraction of sp³-hybridized carbons (Fsp3) is 0.500. The minimum Gasteiger partial charge on any atom is -0.481 e. The molecule has 1 aromatic carbocycles. The minimum atomic E-state index is -0.896. The molecule has 1 aliphatic heterocycles. The zero-order valence-corrected chi connectivity index (χ0v) is 12.7. The molecule has 0 bridgehead atoms. The van der Waals surface area contributed by atoms with E-state index in [-0.39, 0.29) is 24.2 Å². The van der Waals surface area contributed by atoms with Crippen LogP contribution in [0.15, 0.2) is 24.3 Å². The second-order valence-electron chi connectivity index (χ2n) is 5.64. The van der Waals surface area contributed by atoms with E-state index in [1.165, 1.54) is 17.0 Å². The van der Waals surface area contributed by atoms with E-state index >= 15 is 0 Å². The standard InChI is InChI=1S/C16H20FNO4/c1-10-7-8-12(16(20)21)9-18(10)15(19)11(2)22-14-6-4-3-5-13(14)17/h3-6,10-12H,7-9H2,1-2H3,(H,20,21). The summed E-state index contributed by atoms with van der Waals surface area (Å²) >= 11 is 0. The van der Waals surface area contributed by atoms with Gasteiger partial charge in [0.15, 0.2) is 17.7 Å². The molecule has 5 nitrogen and oxygen atoms in total. The maximum absolute atomic E-state index is 13.6. The van der Waals surface area contributed by atoms with E-state index in [2.05, 4.69) is 0 Å². The molecule has 0 radical (unpaired) electrons. The number of hydrogen-bond acceptors (Lipinski definition) is 3. The number of ether oxygens (including phenoxy) is 1. The number of hydrogen-bond donors (Lipinski definition) is 1. The molecule has 120 valence electrons. The first-order chi connectivity index (χ1) is 10.4. The van der Waals surface area contributed by atoms with E-state index in [0.29, 0.717) is 12.8 Å². The predicted molar refractivity (Wildman–Crippen MR) is 78.0 cm³/mol. The molecule has 1 saturated heterocycles. The number of para-hydroxylation sites is 1. The van der Waals surface area contributed by atoms with Gasteiger partial charge in [0.1, 0.15) is 0 Å². The molecule has 3 unspecified atom stereocenters. The minimum absolute atomic E-state index is 0.0165. The van der Waals surface area contributed by atoms with Gasteiger partial charge >= 0.3 is 5.97 Å². The average molecular weight is 309 g/mol. The Hall–Kier alpha value is -2.11. The first-order valence-corrected chi connectivity index (χ1v) is 7.34. The van der Waals surface area contributed by atoms with Crippen LogP contribution in [-0.4, -0.2) is 40.6 Å². The Balaban J connectivity index is 2.05. The number of piperidine rings is 1. The van der Waals surface area contributed by atoms with Crippen LogP contribution in [0.2, 0.25) is 0 Å². The molecular formula is C16H20FNO4. The van der Waals surface area contributed by atoms with Crippen LogP contribution < -0.4 is 4.74 Å². The summed E-state index contributed by atoms with van der Waals surface area (Å²) in [5.41, 5.74) is 0. The van der Waals surface area contributed by atoms with Crippen molar-refractivity contribution in [2.24, 2.45) is 5.92 Å². The lowest BCUT2D eigenvalue weighted by Crippen LogP contribution is -2.51. The predicted octanol–water partition coefficient (Wildman–Crippen LogP) is 2.30. The highest BCUT2D eigenvalue weighted by Crippen LogP contribution is 2.24. The van der Waals surface area contributed by atoms with Crippen LogP contribution in [0.3, 0.4) is 0 Å². The lowest BCUT2D eigenvalue weighted by atomic mass is 9.93. The van der Waals surface area contributed by atoms with Crippen molar-refractivity contribution in [3.63, 3.8) is 0 Å². The number of amides is 1. The highest BCUT2D eigenvalue weighted by Gasteiger charge is 2.35. The van der Waals surface area contributed by atoms with E-state index in [1.54, 1.807) is 19.1 Å². The van der Waals surface area contributed by atoms with E-state index in [9.17, 15) is 14.0 Å². The maximum atomic E-state index is 13.6. The van der Waals surface area contributed by atoms with Gasteiger partial charge in [0.25, 0.3) is 5.91 Å². The molecule has 1 amide bonds. The van der Waals surface area contributed by atoms with Gasteiger partial charge in [0.2, 0.25) is 0 Å². The third kappa shape index (κ3) is 3.55. The largest absolute Gasteiger partial charge is 0.481 e. The Labute approximate surface area is 128 Å². The van der Waals surface area contributed by atoms with E-state index in [0.717, 1.165) is 0 Å². The molecule has 0 spiro atoms. The molecule has 0 aromatic heterocycles. The Morgan fingerprint density at radius 2 is 2.05 bits per heavy atom. The first kappa shape index (κ1) is 16.3. The van der Waals surface area contributed by atoms with Crippen molar-refractivity contribution in [1.29, 1.82) is 0 Å². The molecule has 1 N–H and O–H groups in total. The zero-order valence-electron chi connectivity index (χ0n) is 12.7. The number of benzene rings is 1. The van der Waals surface area contributed by atoms with E-state index < -0.39 is 23.8 Å². The Morgan fingerprint density at radius 1 is 1.36 bits per heavy atom. The highest BCUT2D eigenvalue weighted by atomic mass is 19.1. The first-order valence-electron chi connectivity index (χ1n) is 7.34. The average Bonchev–Trinajstić information content (AvgIpc) is 2.49. The number of carboxylic acids is 1. The number of carbonyl (C=O) groups is 2. The number of aliphatic carboxylic acids is 1. The SMILES string of the molecule is CC(Oc1ccccc1F)C(=O)N1CC(C(=O)O)CCC1C. The topological polar surface area (TPSA) is 66.8 Å². The third-order valence-electron chi connectivity index (χ3n) is 4.00. The van der Waals surface area contributed by atoms with E-state index in [1.807, 2.05) is 6.92 Å². The van der Waals surface area contributed by atoms with Crippen LogP contribution in [0, 0.1) is 11.7 Å². The summed E-state index contributed by atoms with van der Waals surface area (Å²) in [4.78, 5) is 25.1. The van der Waals surface area contributed by atoms with Crippen molar-refractivity contribution >= 4 is 11.9 Å². The molecule has 2 rings (SSSR count). The van der Waals surface area contributed by atoms with Crippen LogP contribution in [-0.2, 0) is 9.59 Å². The van der Waals surface area contributed by atoms with Crippen molar-refractivity contribution in [1.82, 2.24) is 4.90 Å². The van der Waals surface area contributed by atoms with Crippen LogP contribution in [0.25, 0.3) is 0 Å². The molecular weight excluding hydrogens is 289 g/mol. The normalized spacial score (nSPS) is 23.0. The highest BCUT2D eigenvalue weighted by molar-refractivity contribution is 5.82. The monoisotopic (exact) mass is 309 g/mol. The van der Waals surface area contributed by atoms with Crippen molar-refractivity contribution in [2.75, 3.05) is 6.54 Å². The summed E-state index contributed by atoms with van der Waals surface area (Å²) in [5.74, 6) is -2.28. The van der Waals surface area contributed by atoms with Gasteiger partial charge < -0.3 is 14.7 Å². The van der Waals surface area contributed by atoms with Crippen molar-refractivity contribution in [3.8, 4) is 5.75 Å². The van der Waals surface area contributed by atoms with Gasteiger partial charge in [-0.15, -0.1) is 0 Å². The summed E-state index contributed by atoms with van der Waals surface area (Å²) in [6.07, 6.45) is 0.324. The fourth-order valence-electron chi connectivity index (χ4n) is 2.63. The molecule has 22 heavy (non-hydrogen) atoms. The summed E-state index contributed by atoms with van der Waals surface area (Å²) < 4.78 is 19.0.